The van der Waals surface area contributed by atoms with E-state index in [1.54, 1.807) is 30.5 Å². The van der Waals surface area contributed by atoms with Crippen LogP contribution in [0.5, 0.6) is 0 Å². The molecular formula is C26H36ClN5O5S. The topological polar surface area (TPSA) is 134 Å². The van der Waals surface area contributed by atoms with Crippen molar-refractivity contribution in [3.8, 4) is 0 Å². The van der Waals surface area contributed by atoms with Crippen molar-refractivity contribution >= 4 is 33.3 Å². The number of imidazole rings is 1. The second-order valence-corrected chi connectivity index (χ2v) is 14.4. The fourth-order valence-electron chi connectivity index (χ4n) is 4.78. The van der Waals surface area contributed by atoms with Gasteiger partial charge in [0.15, 0.2) is 15.7 Å². The highest BCUT2D eigenvalue weighted by molar-refractivity contribution is 7.94. The molecular weight excluding hydrogens is 530 g/mol. The van der Waals surface area contributed by atoms with Crippen molar-refractivity contribution in [1.29, 1.82) is 0 Å². The van der Waals surface area contributed by atoms with Crippen molar-refractivity contribution in [3.63, 3.8) is 0 Å². The SMILES string of the molecule is CC(C)NCC(O)C(C)(C)S(=O)(=O)C1(CN2CCn3c(cnc3C(=O)NCc3ccc(Cl)cc3)C2=O)CC1. The van der Waals surface area contributed by atoms with Gasteiger partial charge < -0.3 is 25.2 Å². The van der Waals surface area contributed by atoms with Crippen LogP contribution in [0.4, 0.5) is 0 Å². The maximum Gasteiger partial charge on any atom is 0.287 e. The first-order chi connectivity index (χ1) is 17.8. The summed E-state index contributed by atoms with van der Waals surface area (Å²) in [5, 5.41) is 17.3. The number of nitrogens with one attached hydrogen (secondary N) is 2. The number of benzene rings is 1. The van der Waals surface area contributed by atoms with Crippen LogP contribution in [0.15, 0.2) is 30.5 Å². The first-order valence-electron chi connectivity index (χ1n) is 12.8. The van der Waals surface area contributed by atoms with Crippen LogP contribution in [0.3, 0.4) is 0 Å². The fraction of sp³-hybridized carbons (Fsp3) is 0.577. The van der Waals surface area contributed by atoms with E-state index in [4.69, 9.17) is 11.6 Å². The van der Waals surface area contributed by atoms with Crippen LogP contribution in [0.1, 0.15) is 67.2 Å². The Morgan fingerprint density at radius 1 is 1.21 bits per heavy atom. The first-order valence-corrected chi connectivity index (χ1v) is 14.7. The number of amides is 2. The molecule has 1 fully saturated rings. The predicted molar refractivity (Wildman–Crippen MR) is 145 cm³/mol. The molecule has 0 spiro atoms. The number of sulfone groups is 1. The summed E-state index contributed by atoms with van der Waals surface area (Å²) in [6.45, 7) is 8.03. The summed E-state index contributed by atoms with van der Waals surface area (Å²) in [5.41, 5.74) is 1.13. The zero-order chi connectivity index (χ0) is 27.9. The Balaban J connectivity index is 1.44. The monoisotopic (exact) mass is 565 g/mol. The lowest BCUT2D eigenvalue weighted by molar-refractivity contribution is 0.0697. The Morgan fingerprint density at radius 2 is 1.87 bits per heavy atom. The minimum absolute atomic E-state index is 0.0468. The number of hydrogen-bond acceptors (Lipinski definition) is 7. The highest BCUT2D eigenvalue weighted by Gasteiger charge is 2.62. The van der Waals surface area contributed by atoms with Gasteiger partial charge in [0.25, 0.3) is 11.8 Å². The molecule has 2 aromatic rings. The summed E-state index contributed by atoms with van der Waals surface area (Å²) in [4.78, 5) is 31.8. The number of aliphatic hydroxyl groups is 1. The minimum Gasteiger partial charge on any atom is -0.390 e. The van der Waals surface area contributed by atoms with Crippen molar-refractivity contribution in [3.05, 3.63) is 52.6 Å². The van der Waals surface area contributed by atoms with E-state index in [1.165, 1.54) is 11.1 Å². The molecule has 1 aromatic heterocycles. The van der Waals surface area contributed by atoms with Gasteiger partial charge >= 0.3 is 0 Å². The molecule has 1 unspecified atom stereocenters. The van der Waals surface area contributed by atoms with E-state index in [2.05, 4.69) is 15.6 Å². The Bertz CT molecular complexity index is 1300. The Labute approximate surface area is 228 Å². The molecule has 0 bridgehead atoms. The van der Waals surface area contributed by atoms with E-state index in [0.29, 0.717) is 24.4 Å². The highest BCUT2D eigenvalue weighted by atomic mass is 35.5. The zero-order valence-corrected chi connectivity index (χ0v) is 23.8. The van der Waals surface area contributed by atoms with Gasteiger partial charge in [-0.25, -0.2) is 13.4 Å². The Morgan fingerprint density at radius 3 is 2.47 bits per heavy atom. The number of fused-ring (bicyclic) bond motifs is 1. The van der Waals surface area contributed by atoms with Crippen molar-refractivity contribution in [1.82, 2.24) is 25.1 Å². The Kier molecular flexibility index (Phi) is 7.96. The van der Waals surface area contributed by atoms with Gasteiger partial charge in [-0.05, 0) is 44.4 Å². The first kappa shape index (κ1) is 28.5. The molecule has 12 heteroatoms. The minimum atomic E-state index is -3.80. The number of halogens is 1. The second-order valence-electron chi connectivity index (χ2n) is 11.0. The molecule has 1 atom stereocenters. The van der Waals surface area contributed by atoms with E-state index in [9.17, 15) is 23.1 Å². The van der Waals surface area contributed by atoms with Crippen molar-refractivity contribution in [2.45, 2.75) is 75.3 Å². The highest BCUT2D eigenvalue weighted by Crippen LogP contribution is 2.49. The molecule has 208 valence electrons. The maximum atomic E-state index is 13.7. The molecule has 1 aromatic carbocycles. The molecule has 38 heavy (non-hydrogen) atoms. The second kappa shape index (κ2) is 10.6. The lowest BCUT2D eigenvalue weighted by Gasteiger charge is -2.37. The van der Waals surface area contributed by atoms with Gasteiger partial charge in [0.1, 0.15) is 5.69 Å². The standard InChI is InChI=1S/C26H36ClN5O5S/c1-17(2)28-15-21(33)25(3,4)38(36,37)26(9-10-26)16-31-11-12-32-20(24(31)35)14-29-22(32)23(34)30-13-18-5-7-19(27)8-6-18/h5-8,14,17,21,28,33H,9-13,15-16H2,1-4H3,(H,30,34). The average molecular weight is 566 g/mol. The number of carbonyl (C=O) groups excluding carboxylic acids is 2. The molecule has 1 aliphatic carbocycles. The number of carbonyl (C=O) groups is 2. The van der Waals surface area contributed by atoms with Crippen LogP contribution in [0.25, 0.3) is 0 Å². The van der Waals surface area contributed by atoms with Crippen LogP contribution in [-0.2, 0) is 22.9 Å². The quantitative estimate of drug-likeness (QED) is 0.379. The Hall–Kier alpha value is -2.47. The molecule has 1 aliphatic heterocycles. The third-order valence-electron chi connectivity index (χ3n) is 7.60. The largest absolute Gasteiger partial charge is 0.390 e. The molecule has 4 rings (SSSR count). The lowest BCUT2D eigenvalue weighted by atomic mass is 10.1. The normalized spacial score (nSPS) is 17.9. The van der Waals surface area contributed by atoms with Gasteiger partial charge in [0.2, 0.25) is 0 Å². The third kappa shape index (κ3) is 5.34. The predicted octanol–water partition coefficient (Wildman–Crippen LogP) is 2.01. The lowest BCUT2D eigenvalue weighted by Crippen LogP contribution is -2.56. The summed E-state index contributed by atoms with van der Waals surface area (Å²) in [5.74, 6) is -0.626. The molecule has 2 aliphatic rings. The summed E-state index contributed by atoms with van der Waals surface area (Å²) < 4.78 is 26.6. The summed E-state index contributed by atoms with van der Waals surface area (Å²) in [7, 11) is -3.80. The van der Waals surface area contributed by atoms with Gasteiger partial charge in [-0.15, -0.1) is 0 Å². The average Bonchev–Trinajstić information content (AvgIpc) is 3.53. The number of rotatable bonds is 11. The van der Waals surface area contributed by atoms with Crippen LogP contribution >= 0.6 is 11.6 Å². The van der Waals surface area contributed by atoms with Gasteiger partial charge in [-0.3, -0.25) is 9.59 Å². The van der Waals surface area contributed by atoms with Crippen LogP contribution in [0.2, 0.25) is 5.02 Å². The summed E-state index contributed by atoms with van der Waals surface area (Å²) >= 11 is 5.90. The summed E-state index contributed by atoms with van der Waals surface area (Å²) in [6.07, 6.45) is 1.14. The van der Waals surface area contributed by atoms with E-state index in [1.807, 2.05) is 26.0 Å². The number of aliphatic hydroxyl groups excluding tert-OH is 1. The molecule has 2 amide bonds. The molecule has 0 radical (unpaired) electrons. The smallest absolute Gasteiger partial charge is 0.287 e. The molecule has 2 heterocycles. The van der Waals surface area contributed by atoms with Gasteiger partial charge in [-0.1, -0.05) is 37.6 Å². The summed E-state index contributed by atoms with van der Waals surface area (Å²) in [6, 6.07) is 7.22. The van der Waals surface area contributed by atoms with E-state index in [-0.39, 0.29) is 49.6 Å². The van der Waals surface area contributed by atoms with Crippen molar-refractivity contribution in [2.24, 2.45) is 0 Å². The van der Waals surface area contributed by atoms with Gasteiger partial charge in [0.05, 0.1) is 21.8 Å². The van der Waals surface area contributed by atoms with Gasteiger partial charge in [0, 0.05) is 43.8 Å². The van der Waals surface area contributed by atoms with E-state index >= 15 is 0 Å². The molecule has 10 nitrogen and oxygen atoms in total. The van der Waals surface area contributed by atoms with Crippen molar-refractivity contribution in [2.75, 3.05) is 19.6 Å². The van der Waals surface area contributed by atoms with Gasteiger partial charge in [-0.2, -0.15) is 0 Å². The molecule has 1 saturated carbocycles. The van der Waals surface area contributed by atoms with Crippen LogP contribution in [0, 0.1) is 0 Å². The van der Waals surface area contributed by atoms with Crippen LogP contribution in [-0.4, -0.2) is 81.1 Å². The van der Waals surface area contributed by atoms with E-state index < -0.39 is 31.3 Å². The maximum absolute atomic E-state index is 13.7. The van der Waals surface area contributed by atoms with Crippen LogP contribution < -0.4 is 10.6 Å². The van der Waals surface area contributed by atoms with Crippen molar-refractivity contribution < 1.29 is 23.1 Å². The zero-order valence-electron chi connectivity index (χ0n) is 22.2. The molecule has 3 N–H and O–H groups in total. The number of aromatic nitrogens is 2. The molecule has 0 saturated heterocycles. The van der Waals surface area contributed by atoms with E-state index in [0.717, 1.165) is 5.56 Å². The number of hydrogen-bond donors (Lipinski definition) is 3. The third-order valence-corrected chi connectivity index (χ3v) is 11.2. The number of nitrogens with zero attached hydrogens (tertiary/aromatic N) is 3. The fourth-order valence-corrected chi connectivity index (χ4v) is 7.43.